The van der Waals surface area contributed by atoms with E-state index in [0.717, 1.165) is 33.4 Å². The molecule has 0 amide bonds. The summed E-state index contributed by atoms with van der Waals surface area (Å²) in [6, 6.07) is 34.6. The molecule has 0 aromatic heterocycles. The van der Waals surface area contributed by atoms with Crippen LogP contribution < -0.4 is 0 Å². The lowest BCUT2D eigenvalue weighted by atomic mass is 10.1. The fraction of sp³-hybridized carbons (Fsp3) is 0.375. The molecule has 2 saturated heterocycles. The summed E-state index contributed by atoms with van der Waals surface area (Å²) in [6.07, 6.45) is 0. The molecule has 7 rings (SSSR count). The summed E-state index contributed by atoms with van der Waals surface area (Å²) in [5, 5.41) is 0. The van der Waals surface area contributed by atoms with Crippen LogP contribution in [0.5, 0.6) is 0 Å². The van der Waals surface area contributed by atoms with Crippen molar-refractivity contribution in [2.45, 2.75) is 60.4 Å². The first kappa shape index (κ1) is 49.6. The maximum Gasteiger partial charge on any atom is 0.243 e. The Labute approximate surface area is 392 Å². The maximum atomic E-state index is 14.0. The summed E-state index contributed by atoms with van der Waals surface area (Å²) in [7, 11) is -15.8. The molecule has 2 aliphatic rings. The molecule has 0 atom stereocenters. The molecule has 5 aromatic rings. The Bertz CT molecular complexity index is 2510. The van der Waals surface area contributed by atoms with Crippen molar-refractivity contribution in [3.63, 3.8) is 0 Å². The van der Waals surface area contributed by atoms with E-state index in [9.17, 15) is 33.7 Å². The van der Waals surface area contributed by atoms with E-state index in [1.54, 1.807) is 97.1 Å². The van der Waals surface area contributed by atoms with Crippen LogP contribution >= 0.6 is 0 Å². The highest BCUT2D eigenvalue weighted by atomic mass is 32.2. The molecule has 2 aliphatic heterocycles. The highest BCUT2D eigenvalue weighted by Crippen LogP contribution is 2.24. The Hall–Kier alpha value is -4.34. The molecule has 2 fully saturated rings. The lowest BCUT2D eigenvalue weighted by Gasteiger charge is -2.26. The van der Waals surface area contributed by atoms with Gasteiger partial charge in [-0.2, -0.15) is 17.2 Å². The summed E-state index contributed by atoms with van der Waals surface area (Å²) < 4.78 is 118. The van der Waals surface area contributed by atoms with Gasteiger partial charge in [-0.15, -0.1) is 0 Å². The fourth-order valence-electron chi connectivity index (χ4n) is 8.11. The Morgan fingerprint density at radius 2 is 0.470 bits per heavy atom. The zero-order valence-corrected chi connectivity index (χ0v) is 41.3. The standard InChI is InChI=1S/C48H60N6O8S4/c1-39-5-17-45(18-6-39)63(55,56)51-29-25-49(26-30-52(34-33-51)64(57,58)46-19-7-40(2)8-20-46)37-43-13-15-44(16-14-43)38-50-27-31-53(65(59,60)47-21-9-41(3)10-22-47)35-36-54(32-28-50)66(61,62)48-23-11-42(4)12-24-48/h5-24H,25-38H2,1-4H3. The van der Waals surface area contributed by atoms with E-state index in [-0.39, 0.29) is 71.9 Å². The van der Waals surface area contributed by atoms with Crippen LogP contribution in [-0.2, 0) is 53.2 Å². The van der Waals surface area contributed by atoms with Gasteiger partial charge in [0.25, 0.3) is 0 Å². The number of hydrogen-bond acceptors (Lipinski definition) is 10. The second kappa shape index (κ2) is 20.9. The van der Waals surface area contributed by atoms with Crippen molar-refractivity contribution >= 4 is 40.1 Å². The predicted octanol–water partition coefficient (Wildman–Crippen LogP) is 5.32. The van der Waals surface area contributed by atoms with Crippen LogP contribution in [0, 0.1) is 27.7 Å². The van der Waals surface area contributed by atoms with Crippen molar-refractivity contribution in [3.8, 4) is 0 Å². The highest BCUT2D eigenvalue weighted by molar-refractivity contribution is 7.90. The van der Waals surface area contributed by atoms with E-state index in [4.69, 9.17) is 0 Å². The normalized spacial score (nSPS) is 18.1. The van der Waals surface area contributed by atoms with E-state index in [1.807, 2.05) is 52.0 Å². The predicted molar refractivity (Wildman–Crippen MR) is 257 cm³/mol. The van der Waals surface area contributed by atoms with Gasteiger partial charge in [0.05, 0.1) is 19.6 Å². The van der Waals surface area contributed by atoms with Crippen LogP contribution in [0.2, 0.25) is 0 Å². The molecule has 5 aromatic carbocycles. The Balaban J connectivity index is 1.10. The number of nitrogens with zero attached hydrogens (tertiary/aromatic N) is 6. The molecular formula is C48H60N6O8S4. The monoisotopic (exact) mass is 976 g/mol. The number of rotatable bonds is 12. The van der Waals surface area contributed by atoms with E-state index < -0.39 is 40.1 Å². The largest absolute Gasteiger partial charge is 0.296 e. The van der Waals surface area contributed by atoms with Crippen molar-refractivity contribution in [2.75, 3.05) is 78.5 Å². The van der Waals surface area contributed by atoms with Crippen LogP contribution in [0.4, 0.5) is 0 Å². The third-order valence-electron chi connectivity index (χ3n) is 12.3. The molecular weight excluding hydrogens is 917 g/mol. The van der Waals surface area contributed by atoms with Gasteiger partial charge in [-0.05, 0) is 87.4 Å². The SMILES string of the molecule is Cc1ccc(S(=O)(=O)N2CCN(Cc3ccc(CN4CCN(S(=O)(=O)c5ccc(C)cc5)CCN(S(=O)(=O)c5ccc(C)cc5)CC4)cc3)CCN(S(=O)(=O)c3ccc(C)cc3)CC2)cc1. The molecule has 18 heteroatoms. The van der Waals surface area contributed by atoms with Gasteiger partial charge in [0.15, 0.2) is 0 Å². The molecule has 2 heterocycles. The van der Waals surface area contributed by atoms with E-state index >= 15 is 0 Å². The van der Waals surface area contributed by atoms with Crippen LogP contribution in [0.15, 0.2) is 141 Å². The number of aryl methyl sites for hydroxylation is 4. The summed E-state index contributed by atoms with van der Waals surface area (Å²) in [6.45, 7) is 10.5. The molecule has 0 bridgehead atoms. The van der Waals surface area contributed by atoms with E-state index in [0.29, 0.717) is 39.3 Å². The lowest BCUT2D eigenvalue weighted by molar-refractivity contribution is 0.245. The van der Waals surface area contributed by atoms with Crippen LogP contribution in [-0.4, -0.2) is 139 Å². The molecule has 0 N–H and O–H groups in total. The zero-order valence-electron chi connectivity index (χ0n) is 38.0. The van der Waals surface area contributed by atoms with E-state index in [1.165, 1.54) is 17.2 Å². The van der Waals surface area contributed by atoms with Crippen molar-refractivity contribution in [2.24, 2.45) is 0 Å². The molecule has 14 nitrogen and oxygen atoms in total. The van der Waals surface area contributed by atoms with Crippen LogP contribution in [0.1, 0.15) is 33.4 Å². The smallest absolute Gasteiger partial charge is 0.243 e. The molecule has 354 valence electrons. The van der Waals surface area contributed by atoms with Gasteiger partial charge in [0.2, 0.25) is 40.1 Å². The van der Waals surface area contributed by atoms with E-state index in [2.05, 4.69) is 9.80 Å². The summed E-state index contributed by atoms with van der Waals surface area (Å²) in [5.41, 5.74) is 5.58. The molecule has 0 unspecified atom stereocenters. The number of hydrogen-bond donors (Lipinski definition) is 0. The third-order valence-corrected chi connectivity index (χ3v) is 20.0. The Morgan fingerprint density at radius 1 is 0.288 bits per heavy atom. The second-order valence-corrected chi connectivity index (χ2v) is 25.0. The fourth-order valence-corrected chi connectivity index (χ4v) is 13.8. The van der Waals surface area contributed by atoms with Crippen molar-refractivity contribution < 1.29 is 33.7 Å². The zero-order chi connectivity index (χ0) is 47.3. The molecule has 66 heavy (non-hydrogen) atoms. The first-order chi connectivity index (χ1) is 31.3. The minimum atomic E-state index is -3.94. The topological polar surface area (TPSA) is 156 Å². The van der Waals surface area contributed by atoms with Crippen LogP contribution in [0.3, 0.4) is 0 Å². The summed E-state index contributed by atoms with van der Waals surface area (Å²) >= 11 is 0. The number of benzene rings is 5. The van der Waals surface area contributed by atoms with Crippen molar-refractivity contribution in [1.29, 1.82) is 0 Å². The van der Waals surface area contributed by atoms with Gasteiger partial charge in [0.1, 0.15) is 0 Å². The van der Waals surface area contributed by atoms with Gasteiger partial charge in [-0.1, -0.05) is 95.1 Å². The third kappa shape index (κ3) is 11.8. The van der Waals surface area contributed by atoms with Gasteiger partial charge < -0.3 is 0 Å². The van der Waals surface area contributed by atoms with Gasteiger partial charge in [0, 0.05) is 91.6 Å². The first-order valence-electron chi connectivity index (χ1n) is 22.1. The summed E-state index contributed by atoms with van der Waals surface area (Å²) in [4.78, 5) is 4.75. The Morgan fingerprint density at radius 3 is 0.667 bits per heavy atom. The van der Waals surface area contributed by atoms with Crippen molar-refractivity contribution in [3.05, 3.63) is 155 Å². The quantitative estimate of drug-likeness (QED) is 0.161. The first-order valence-corrected chi connectivity index (χ1v) is 27.9. The molecule has 0 spiro atoms. The molecule has 0 aliphatic carbocycles. The average molecular weight is 977 g/mol. The average Bonchev–Trinajstić information content (AvgIpc) is 3.47. The van der Waals surface area contributed by atoms with Crippen molar-refractivity contribution in [1.82, 2.24) is 27.0 Å². The lowest BCUT2D eigenvalue weighted by Crippen LogP contribution is -2.41. The van der Waals surface area contributed by atoms with Crippen LogP contribution in [0.25, 0.3) is 0 Å². The minimum absolute atomic E-state index is 0.00831. The minimum Gasteiger partial charge on any atom is -0.296 e. The highest BCUT2D eigenvalue weighted by Gasteiger charge is 2.33. The maximum absolute atomic E-state index is 14.0. The number of sulfonamides is 4. The van der Waals surface area contributed by atoms with Gasteiger partial charge in [-0.25, -0.2) is 33.7 Å². The molecule has 0 saturated carbocycles. The van der Waals surface area contributed by atoms with Gasteiger partial charge in [-0.3, -0.25) is 9.80 Å². The van der Waals surface area contributed by atoms with Gasteiger partial charge >= 0.3 is 0 Å². The molecule has 0 radical (unpaired) electrons. The Kier molecular flexibility index (Phi) is 15.7. The summed E-state index contributed by atoms with van der Waals surface area (Å²) in [5.74, 6) is 0. The second-order valence-electron chi connectivity index (χ2n) is 17.2.